The van der Waals surface area contributed by atoms with Gasteiger partial charge in [0.05, 0.1) is 11.1 Å². The fourth-order valence-electron chi connectivity index (χ4n) is 2.44. The van der Waals surface area contributed by atoms with Crippen molar-refractivity contribution in [1.82, 2.24) is 10.6 Å². The predicted octanol–water partition coefficient (Wildman–Crippen LogP) is 3.34. The molecule has 1 aliphatic rings. The summed E-state index contributed by atoms with van der Waals surface area (Å²) < 4.78 is 39.4. The number of carbonyl (C=O) groups excluding carboxylic acids is 1. The second kappa shape index (κ2) is 6.36. The monoisotopic (exact) mass is 364 g/mol. The Morgan fingerprint density at radius 1 is 1.43 bits per heavy atom. The molecule has 1 fully saturated rings. The van der Waals surface area contributed by atoms with Gasteiger partial charge in [0.15, 0.2) is 0 Å². The standard InChI is InChI=1S/C14H16BrF3N2O/c1-8-12(3-2-6-19-8)20-13(21)10-5-4-9(15)7-11(10)14(16,17)18/h4-5,7-8,12,19H,2-3,6H2,1H3,(H,20,21). The molecule has 0 saturated carbocycles. The first-order chi connectivity index (χ1) is 9.79. The lowest BCUT2D eigenvalue weighted by Crippen LogP contribution is -2.52. The number of rotatable bonds is 2. The first-order valence-electron chi connectivity index (χ1n) is 6.70. The van der Waals surface area contributed by atoms with Gasteiger partial charge >= 0.3 is 6.18 Å². The van der Waals surface area contributed by atoms with Crippen molar-refractivity contribution in [2.24, 2.45) is 0 Å². The van der Waals surface area contributed by atoms with E-state index >= 15 is 0 Å². The number of carbonyl (C=O) groups is 1. The van der Waals surface area contributed by atoms with E-state index in [0.717, 1.165) is 25.5 Å². The van der Waals surface area contributed by atoms with Crippen molar-refractivity contribution >= 4 is 21.8 Å². The second-order valence-corrected chi connectivity index (χ2v) is 6.07. The smallest absolute Gasteiger partial charge is 0.348 e. The molecule has 2 rings (SSSR count). The summed E-state index contributed by atoms with van der Waals surface area (Å²) in [5.74, 6) is -0.685. The highest BCUT2D eigenvalue weighted by atomic mass is 79.9. The molecule has 1 amide bonds. The van der Waals surface area contributed by atoms with Crippen molar-refractivity contribution in [3.8, 4) is 0 Å². The number of piperidine rings is 1. The van der Waals surface area contributed by atoms with E-state index in [1.807, 2.05) is 6.92 Å². The molecule has 3 nitrogen and oxygen atoms in total. The maximum atomic E-state index is 13.0. The van der Waals surface area contributed by atoms with Gasteiger partial charge in [-0.15, -0.1) is 0 Å². The van der Waals surface area contributed by atoms with Crippen molar-refractivity contribution in [1.29, 1.82) is 0 Å². The minimum Gasteiger partial charge on any atom is -0.348 e. The average Bonchev–Trinajstić information content (AvgIpc) is 2.40. The highest BCUT2D eigenvalue weighted by molar-refractivity contribution is 9.10. The molecule has 21 heavy (non-hydrogen) atoms. The van der Waals surface area contributed by atoms with E-state index in [-0.39, 0.29) is 17.6 Å². The van der Waals surface area contributed by atoms with Crippen LogP contribution in [0.15, 0.2) is 22.7 Å². The number of hydrogen-bond acceptors (Lipinski definition) is 2. The molecule has 116 valence electrons. The molecule has 1 heterocycles. The van der Waals surface area contributed by atoms with Gasteiger partial charge in [0.2, 0.25) is 0 Å². The third-order valence-electron chi connectivity index (χ3n) is 3.61. The summed E-state index contributed by atoms with van der Waals surface area (Å²) in [6.07, 6.45) is -2.91. The zero-order valence-electron chi connectivity index (χ0n) is 11.4. The molecule has 0 spiro atoms. The Morgan fingerprint density at radius 2 is 2.14 bits per heavy atom. The normalized spacial score (nSPS) is 22.9. The first-order valence-corrected chi connectivity index (χ1v) is 7.49. The lowest BCUT2D eigenvalue weighted by Gasteiger charge is -2.31. The Kier molecular flexibility index (Phi) is 4.93. The zero-order valence-corrected chi connectivity index (χ0v) is 13.0. The fourth-order valence-corrected chi connectivity index (χ4v) is 2.80. The minimum absolute atomic E-state index is 0.0486. The molecule has 2 N–H and O–H groups in total. The van der Waals surface area contributed by atoms with E-state index in [2.05, 4.69) is 26.6 Å². The van der Waals surface area contributed by atoms with Crippen LogP contribution in [0.25, 0.3) is 0 Å². The van der Waals surface area contributed by atoms with E-state index in [4.69, 9.17) is 0 Å². The Morgan fingerprint density at radius 3 is 2.76 bits per heavy atom. The van der Waals surface area contributed by atoms with Crippen molar-refractivity contribution < 1.29 is 18.0 Å². The van der Waals surface area contributed by atoms with Crippen LogP contribution in [0.5, 0.6) is 0 Å². The van der Waals surface area contributed by atoms with Gasteiger partial charge in [0.25, 0.3) is 5.91 Å². The number of alkyl halides is 3. The third kappa shape index (κ3) is 3.97. The van der Waals surface area contributed by atoms with Crippen molar-refractivity contribution in [3.63, 3.8) is 0 Å². The van der Waals surface area contributed by atoms with Crippen LogP contribution in [-0.4, -0.2) is 24.5 Å². The maximum Gasteiger partial charge on any atom is 0.417 e. The van der Waals surface area contributed by atoms with Crippen LogP contribution in [0.1, 0.15) is 35.7 Å². The largest absolute Gasteiger partial charge is 0.417 e. The highest BCUT2D eigenvalue weighted by Crippen LogP contribution is 2.34. The molecule has 1 aromatic carbocycles. The molecular weight excluding hydrogens is 349 g/mol. The van der Waals surface area contributed by atoms with Crippen LogP contribution >= 0.6 is 15.9 Å². The van der Waals surface area contributed by atoms with Crippen LogP contribution in [-0.2, 0) is 6.18 Å². The topological polar surface area (TPSA) is 41.1 Å². The molecular formula is C14H16BrF3N2O. The Bertz CT molecular complexity index is 533. The molecule has 2 atom stereocenters. The third-order valence-corrected chi connectivity index (χ3v) is 4.10. The quantitative estimate of drug-likeness (QED) is 0.844. The number of hydrogen-bond donors (Lipinski definition) is 2. The molecule has 0 bridgehead atoms. The molecule has 0 aliphatic carbocycles. The Hall–Kier alpha value is -1.08. The number of benzene rings is 1. The van der Waals surface area contributed by atoms with Crippen LogP contribution < -0.4 is 10.6 Å². The molecule has 1 saturated heterocycles. The van der Waals surface area contributed by atoms with Gasteiger partial charge in [-0.2, -0.15) is 13.2 Å². The van der Waals surface area contributed by atoms with Gasteiger partial charge < -0.3 is 10.6 Å². The maximum absolute atomic E-state index is 13.0. The van der Waals surface area contributed by atoms with E-state index in [9.17, 15) is 18.0 Å². The average molecular weight is 365 g/mol. The van der Waals surface area contributed by atoms with Crippen molar-refractivity contribution in [3.05, 3.63) is 33.8 Å². The highest BCUT2D eigenvalue weighted by Gasteiger charge is 2.36. The summed E-state index contributed by atoms with van der Waals surface area (Å²) in [5, 5.41) is 5.90. The van der Waals surface area contributed by atoms with Crippen LogP contribution in [0.4, 0.5) is 13.2 Å². The predicted molar refractivity (Wildman–Crippen MR) is 77.1 cm³/mol. The number of nitrogens with one attached hydrogen (secondary N) is 2. The summed E-state index contributed by atoms with van der Waals surface area (Å²) in [7, 11) is 0. The summed E-state index contributed by atoms with van der Waals surface area (Å²) in [4.78, 5) is 12.2. The minimum atomic E-state index is -4.56. The lowest BCUT2D eigenvalue weighted by molar-refractivity contribution is -0.138. The van der Waals surface area contributed by atoms with E-state index in [0.29, 0.717) is 4.47 Å². The van der Waals surface area contributed by atoms with E-state index in [1.54, 1.807) is 0 Å². The van der Waals surface area contributed by atoms with Gasteiger partial charge in [-0.1, -0.05) is 15.9 Å². The van der Waals surface area contributed by atoms with E-state index in [1.165, 1.54) is 12.1 Å². The molecule has 0 aromatic heterocycles. The van der Waals surface area contributed by atoms with Crippen LogP contribution in [0.2, 0.25) is 0 Å². The number of amides is 1. The van der Waals surface area contributed by atoms with E-state index < -0.39 is 17.6 Å². The molecule has 1 aromatic rings. The molecule has 0 radical (unpaired) electrons. The molecule has 1 aliphatic heterocycles. The summed E-state index contributed by atoms with van der Waals surface area (Å²) in [6, 6.07) is 3.45. The summed E-state index contributed by atoms with van der Waals surface area (Å²) in [6.45, 7) is 2.77. The van der Waals surface area contributed by atoms with Gasteiger partial charge in [-0.3, -0.25) is 4.79 Å². The SMILES string of the molecule is CC1NCCCC1NC(=O)c1ccc(Br)cc1C(F)(F)F. The summed E-state index contributed by atoms with van der Waals surface area (Å²) in [5.41, 5.74) is -1.27. The van der Waals surface area contributed by atoms with Gasteiger partial charge in [-0.05, 0) is 44.5 Å². The Labute approximate surface area is 129 Å². The lowest BCUT2D eigenvalue weighted by atomic mass is 9.98. The number of halogens is 4. The van der Waals surface area contributed by atoms with Gasteiger partial charge in [0.1, 0.15) is 0 Å². The molecule has 7 heteroatoms. The zero-order chi connectivity index (χ0) is 15.6. The van der Waals surface area contributed by atoms with Crippen LogP contribution in [0, 0.1) is 0 Å². The fraction of sp³-hybridized carbons (Fsp3) is 0.500. The summed E-state index contributed by atoms with van der Waals surface area (Å²) >= 11 is 3.00. The first kappa shape index (κ1) is 16.3. The second-order valence-electron chi connectivity index (χ2n) is 5.15. The van der Waals surface area contributed by atoms with Gasteiger partial charge in [0, 0.05) is 16.6 Å². The molecule has 2 unspecified atom stereocenters. The Balaban J connectivity index is 2.23. The van der Waals surface area contributed by atoms with Crippen molar-refractivity contribution in [2.75, 3.05) is 6.54 Å². The van der Waals surface area contributed by atoms with Gasteiger partial charge in [-0.25, -0.2) is 0 Å². The van der Waals surface area contributed by atoms with Crippen LogP contribution in [0.3, 0.4) is 0 Å². The van der Waals surface area contributed by atoms with Crippen molar-refractivity contribution in [2.45, 2.75) is 38.0 Å².